The maximum Gasteiger partial charge on any atom is 0.147 e. The molecule has 0 saturated carbocycles. The Morgan fingerprint density at radius 2 is 2.13 bits per heavy atom. The van der Waals surface area contributed by atoms with E-state index in [0.717, 1.165) is 17.5 Å². The standard InChI is InChI=1S/C12H14BrClO/c1-2-10-4-3-9(5-11(10)8-14)6-12(15)7-13/h3-5H,2,6-8H2,1H3. The first kappa shape index (κ1) is 12.7. The van der Waals surface area contributed by atoms with Gasteiger partial charge in [0, 0.05) is 12.3 Å². The quantitative estimate of drug-likeness (QED) is 0.758. The molecule has 0 bridgehead atoms. The summed E-state index contributed by atoms with van der Waals surface area (Å²) in [5.41, 5.74) is 3.45. The Bertz CT molecular complexity index is 349. The molecule has 0 saturated heterocycles. The van der Waals surface area contributed by atoms with Crippen molar-refractivity contribution in [1.82, 2.24) is 0 Å². The van der Waals surface area contributed by atoms with Crippen molar-refractivity contribution in [2.45, 2.75) is 25.6 Å². The van der Waals surface area contributed by atoms with Crippen LogP contribution in [0.4, 0.5) is 0 Å². The summed E-state index contributed by atoms with van der Waals surface area (Å²) < 4.78 is 0. The summed E-state index contributed by atoms with van der Waals surface area (Å²) in [6.07, 6.45) is 1.47. The van der Waals surface area contributed by atoms with Crippen LogP contribution in [0.1, 0.15) is 23.6 Å². The number of Topliss-reactive ketones (excluding diaryl/α,β-unsaturated/α-hetero) is 1. The summed E-state index contributed by atoms with van der Waals surface area (Å²) in [5.74, 6) is 0.708. The second-order valence-electron chi connectivity index (χ2n) is 3.44. The Hall–Kier alpha value is -0.340. The Labute approximate surface area is 104 Å². The molecule has 0 unspecified atom stereocenters. The second-order valence-corrected chi connectivity index (χ2v) is 4.27. The topological polar surface area (TPSA) is 17.1 Å². The minimum atomic E-state index is 0.194. The number of rotatable bonds is 5. The summed E-state index contributed by atoms with van der Waals surface area (Å²) in [6, 6.07) is 6.11. The van der Waals surface area contributed by atoms with Crippen molar-refractivity contribution in [2.75, 3.05) is 5.33 Å². The number of hydrogen-bond acceptors (Lipinski definition) is 1. The van der Waals surface area contributed by atoms with Gasteiger partial charge in [0.25, 0.3) is 0 Å². The molecule has 0 aromatic heterocycles. The molecule has 0 atom stereocenters. The van der Waals surface area contributed by atoms with Gasteiger partial charge in [-0.25, -0.2) is 0 Å². The molecule has 0 aliphatic heterocycles. The van der Waals surface area contributed by atoms with Crippen molar-refractivity contribution in [1.29, 1.82) is 0 Å². The lowest BCUT2D eigenvalue weighted by Crippen LogP contribution is -2.04. The van der Waals surface area contributed by atoms with Crippen LogP contribution < -0.4 is 0 Å². The van der Waals surface area contributed by atoms with Gasteiger partial charge < -0.3 is 0 Å². The third-order valence-electron chi connectivity index (χ3n) is 2.35. The van der Waals surface area contributed by atoms with Crippen LogP contribution in [0.25, 0.3) is 0 Å². The van der Waals surface area contributed by atoms with E-state index in [-0.39, 0.29) is 5.78 Å². The summed E-state index contributed by atoms with van der Waals surface area (Å²) in [7, 11) is 0. The van der Waals surface area contributed by atoms with Crippen LogP contribution in [-0.4, -0.2) is 11.1 Å². The van der Waals surface area contributed by atoms with E-state index >= 15 is 0 Å². The molecule has 0 spiro atoms. The highest BCUT2D eigenvalue weighted by Crippen LogP contribution is 2.16. The van der Waals surface area contributed by atoms with Crippen LogP contribution in [-0.2, 0) is 23.5 Å². The first-order valence-corrected chi connectivity index (χ1v) is 6.61. The van der Waals surface area contributed by atoms with Crippen molar-refractivity contribution in [3.63, 3.8) is 0 Å². The molecule has 1 aromatic rings. The van der Waals surface area contributed by atoms with E-state index in [2.05, 4.69) is 28.9 Å². The van der Waals surface area contributed by atoms with Gasteiger partial charge in [0.2, 0.25) is 0 Å². The number of ketones is 1. The van der Waals surface area contributed by atoms with Crippen molar-refractivity contribution in [3.8, 4) is 0 Å². The summed E-state index contributed by atoms with van der Waals surface area (Å²) >= 11 is 9.02. The van der Waals surface area contributed by atoms with Crippen molar-refractivity contribution in [2.24, 2.45) is 0 Å². The number of carbonyl (C=O) groups is 1. The van der Waals surface area contributed by atoms with Gasteiger partial charge in [-0.2, -0.15) is 0 Å². The van der Waals surface area contributed by atoms with Crippen molar-refractivity contribution >= 4 is 33.3 Å². The van der Waals surface area contributed by atoms with Gasteiger partial charge in [-0.05, 0) is 23.1 Å². The van der Waals surface area contributed by atoms with E-state index in [9.17, 15) is 4.79 Å². The molecular weight excluding hydrogens is 275 g/mol. The maximum absolute atomic E-state index is 11.3. The minimum absolute atomic E-state index is 0.194. The van der Waals surface area contributed by atoms with E-state index in [4.69, 9.17) is 11.6 Å². The first-order chi connectivity index (χ1) is 7.21. The monoisotopic (exact) mass is 288 g/mol. The lowest BCUT2D eigenvalue weighted by Gasteiger charge is -2.07. The molecule has 0 fully saturated rings. The molecule has 0 aliphatic rings. The third kappa shape index (κ3) is 3.62. The number of benzene rings is 1. The van der Waals surface area contributed by atoms with E-state index in [1.54, 1.807) is 0 Å². The average molecular weight is 290 g/mol. The zero-order valence-electron chi connectivity index (χ0n) is 8.72. The van der Waals surface area contributed by atoms with Crippen LogP contribution in [0.2, 0.25) is 0 Å². The zero-order chi connectivity index (χ0) is 11.3. The molecule has 15 heavy (non-hydrogen) atoms. The Morgan fingerprint density at radius 1 is 1.40 bits per heavy atom. The largest absolute Gasteiger partial charge is 0.298 e. The molecular formula is C12H14BrClO. The molecule has 1 nitrogen and oxygen atoms in total. The van der Waals surface area contributed by atoms with E-state index < -0.39 is 0 Å². The first-order valence-electron chi connectivity index (χ1n) is 4.95. The Balaban J connectivity index is 2.88. The fourth-order valence-corrected chi connectivity index (χ4v) is 1.98. The van der Waals surface area contributed by atoms with Gasteiger partial charge in [0.1, 0.15) is 5.78 Å². The van der Waals surface area contributed by atoms with Gasteiger partial charge in [-0.3, -0.25) is 4.79 Å². The fraction of sp³-hybridized carbons (Fsp3) is 0.417. The van der Waals surface area contributed by atoms with Crippen molar-refractivity contribution < 1.29 is 4.79 Å². The molecule has 3 heteroatoms. The summed E-state index contributed by atoms with van der Waals surface area (Å²) in [4.78, 5) is 11.3. The molecule has 0 aliphatic carbocycles. The molecule has 0 amide bonds. The minimum Gasteiger partial charge on any atom is -0.298 e. The fourth-order valence-electron chi connectivity index (χ4n) is 1.53. The number of halogens is 2. The predicted molar refractivity (Wildman–Crippen MR) is 67.9 cm³/mol. The average Bonchev–Trinajstić information content (AvgIpc) is 2.28. The van der Waals surface area contributed by atoms with Gasteiger partial charge >= 0.3 is 0 Å². The Morgan fingerprint density at radius 3 is 2.67 bits per heavy atom. The van der Waals surface area contributed by atoms with Crippen LogP contribution in [0.3, 0.4) is 0 Å². The molecule has 1 aromatic carbocycles. The van der Waals surface area contributed by atoms with Gasteiger partial charge in [-0.1, -0.05) is 41.1 Å². The highest BCUT2D eigenvalue weighted by Gasteiger charge is 2.05. The Kier molecular flexibility index (Phi) is 5.34. The second kappa shape index (κ2) is 6.29. The lowest BCUT2D eigenvalue weighted by molar-refractivity contribution is -0.115. The SMILES string of the molecule is CCc1ccc(CC(=O)CBr)cc1CCl. The summed E-state index contributed by atoms with van der Waals surface area (Å²) in [5, 5.41) is 0.415. The molecule has 0 radical (unpaired) electrons. The van der Waals surface area contributed by atoms with Gasteiger partial charge in [0.15, 0.2) is 0 Å². The third-order valence-corrected chi connectivity index (χ3v) is 3.26. The number of alkyl halides is 2. The number of carbonyl (C=O) groups excluding carboxylic acids is 1. The lowest BCUT2D eigenvalue weighted by atomic mass is 10.0. The van der Waals surface area contributed by atoms with Crippen LogP contribution in [0.15, 0.2) is 18.2 Å². The smallest absolute Gasteiger partial charge is 0.147 e. The number of hydrogen-bond donors (Lipinski definition) is 0. The van der Waals surface area contributed by atoms with Gasteiger partial charge in [-0.15, -0.1) is 11.6 Å². The molecule has 0 N–H and O–H groups in total. The number of aryl methyl sites for hydroxylation is 1. The van der Waals surface area contributed by atoms with E-state index in [0.29, 0.717) is 17.6 Å². The molecule has 0 heterocycles. The normalized spacial score (nSPS) is 10.3. The predicted octanol–water partition coefficient (Wildman–Crippen LogP) is 3.49. The highest BCUT2D eigenvalue weighted by molar-refractivity contribution is 9.09. The van der Waals surface area contributed by atoms with Gasteiger partial charge in [0.05, 0.1) is 5.33 Å². The highest BCUT2D eigenvalue weighted by atomic mass is 79.9. The van der Waals surface area contributed by atoms with Crippen LogP contribution in [0, 0.1) is 0 Å². The zero-order valence-corrected chi connectivity index (χ0v) is 11.1. The summed E-state index contributed by atoms with van der Waals surface area (Å²) in [6.45, 7) is 2.11. The molecule has 82 valence electrons. The van der Waals surface area contributed by atoms with Crippen LogP contribution >= 0.6 is 27.5 Å². The maximum atomic E-state index is 11.3. The van der Waals surface area contributed by atoms with E-state index in [1.807, 2.05) is 12.1 Å². The van der Waals surface area contributed by atoms with Crippen molar-refractivity contribution in [3.05, 3.63) is 34.9 Å². The molecule has 1 rings (SSSR count). The van der Waals surface area contributed by atoms with E-state index in [1.165, 1.54) is 5.56 Å². The van der Waals surface area contributed by atoms with Crippen LogP contribution in [0.5, 0.6) is 0 Å².